The van der Waals surface area contributed by atoms with Crippen LogP contribution in [0.5, 0.6) is 0 Å². The lowest BCUT2D eigenvalue weighted by Gasteiger charge is -2.33. The molecular weight excluding hydrogens is 328 g/mol. The Morgan fingerprint density at radius 1 is 1.38 bits per heavy atom. The number of nitrogens with zero attached hydrogens (tertiary/aromatic N) is 1. The number of nitrogens with two attached hydrogens (primary N) is 2. The maximum absolute atomic E-state index is 11.8. The highest BCUT2D eigenvalue weighted by Gasteiger charge is 2.26. The molecule has 5 N–H and O–H groups in total. The van der Waals surface area contributed by atoms with Gasteiger partial charge in [0, 0.05) is 30.4 Å². The lowest BCUT2D eigenvalue weighted by molar-refractivity contribution is -0.115. The van der Waals surface area contributed by atoms with Crippen LogP contribution < -0.4 is 21.7 Å². The number of hydrogen-bond donors (Lipinski definition) is 3. The van der Waals surface area contributed by atoms with Crippen molar-refractivity contribution in [1.29, 1.82) is 0 Å². The Morgan fingerprint density at radius 3 is 2.79 bits per heavy atom. The Hall–Kier alpha value is -2.32. The van der Waals surface area contributed by atoms with Gasteiger partial charge in [0.05, 0.1) is 4.91 Å². The second kappa shape index (κ2) is 6.66. The molecule has 2 fully saturated rings. The molecule has 0 saturated carbocycles. The van der Waals surface area contributed by atoms with Crippen LogP contribution in [0.25, 0.3) is 6.08 Å². The molecule has 3 amide bonds. The van der Waals surface area contributed by atoms with Gasteiger partial charge in [0.25, 0.3) is 11.1 Å². The molecular formula is C16H18N4O3S. The van der Waals surface area contributed by atoms with E-state index >= 15 is 0 Å². The summed E-state index contributed by atoms with van der Waals surface area (Å²) in [5.74, 6) is -0.980. The number of piperidine rings is 1. The number of nitrogens with one attached hydrogen (secondary N) is 1. The molecule has 0 aromatic heterocycles. The fourth-order valence-corrected chi connectivity index (χ4v) is 3.58. The van der Waals surface area contributed by atoms with Crippen LogP contribution in [0.2, 0.25) is 0 Å². The normalized spacial score (nSPS) is 22.8. The van der Waals surface area contributed by atoms with E-state index in [0.717, 1.165) is 36.8 Å². The minimum Gasteiger partial charge on any atom is -0.369 e. The van der Waals surface area contributed by atoms with E-state index in [1.165, 1.54) is 0 Å². The summed E-state index contributed by atoms with van der Waals surface area (Å²) in [6.07, 6.45) is 3.56. The third kappa shape index (κ3) is 3.44. The lowest BCUT2D eigenvalue weighted by Crippen LogP contribution is -2.43. The minimum absolute atomic E-state index is 0.0841. The van der Waals surface area contributed by atoms with E-state index < -0.39 is 17.1 Å². The van der Waals surface area contributed by atoms with Crippen LogP contribution in [0.15, 0.2) is 23.1 Å². The first-order valence-electron chi connectivity index (χ1n) is 7.63. The van der Waals surface area contributed by atoms with Crippen LogP contribution in [0.3, 0.4) is 0 Å². The zero-order valence-electron chi connectivity index (χ0n) is 13.0. The minimum atomic E-state index is -0.545. The van der Waals surface area contributed by atoms with Gasteiger partial charge in [-0.25, -0.2) is 0 Å². The van der Waals surface area contributed by atoms with Gasteiger partial charge in [-0.2, -0.15) is 0 Å². The van der Waals surface area contributed by atoms with Crippen LogP contribution in [0.4, 0.5) is 10.5 Å². The average Bonchev–Trinajstić information content (AvgIpc) is 2.84. The topological polar surface area (TPSA) is 119 Å². The molecule has 2 saturated heterocycles. The van der Waals surface area contributed by atoms with Gasteiger partial charge in [-0.05, 0) is 54.4 Å². The molecule has 0 unspecified atom stereocenters. The largest absolute Gasteiger partial charge is 0.369 e. The highest BCUT2D eigenvalue weighted by Crippen LogP contribution is 2.31. The van der Waals surface area contributed by atoms with E-state index in [-0.39, 0.29) is 6.04 Å². The second-order valence-corrected chi connectivity index (χ2v) is 6.85. The van der Waals surface area contributed by atoms with Crippen LogP contribution in [-0.2, 0) is 4.79 Å². The molecule has 8 heteroatoms. The lowest BCUT2D eigenvalue weighted by atomic mass is 10.0. The van der Waals surface area contributed by atoms with Crippen molar-refractivity contribution in [3.8, 4) is 0 Å². The van der Waals surface area contributed by atoms with E-state index in [9.17, 15) is 14.4 Å². The van der Waals surface area contributed by atoms with Gasteiger partial charge in [0.1, 0.15) is 0 Å². The van der Waals surface area contributed by atoms with Crippen molar-refractivity contribution >= 4 is 40.6 Å². The van der Waals surface area contributed by atoms with Gasteiger partial charge in [-0.3, -0.25) is 19.7 Å². The summed E-state index contributed by atoms with van der Waals surface area (Å²) >= 11 is 0.841. The third-order valence-electron chi connectivity index (χ3n) is 4.04. The Balaban J connectivity index is 2.02. The maximum Gasteiger partial charge on any atom is 0.290 e. The summed E-state index contributed by atoms with van der Waals surface area (Å²) in [4.78, 5) is 37.1. The first-order valence-corrected chi connectivity index (χ1v) is 8.45. The second-order valence-electron chi connectivity index (χ2n) is 5.84. The van der Waals surface area contributed by atoms with Gasteiger partial charge >= 0.3 is 0 Å². The standard InChI is InChI=1S/C16H18N4O3S/c17-11-2-1-5-20(8-11)12-4-3-9(14(18)21)6-10(12)7-13-15(22)19-16(23)24-13/h3-4,6-7,11H,1-2,5,8,17H2,(H2,18,21)(H,19,22,23)/b13-7-/t11-/m1/s1. The molecule has 0 radical (unpaired) electrons. The molecule has 24 heavy (non-hydrogen) atoms. The van der Waals surface area contributed by atoms with E-state index in [1.807, 2.05) is 6.07 Å². The summed E-state index contributed by atoms with van der Waals surface area (Å²) in [7, 11) is 0. The zero-order chi connectivity index (χ0) is 17.3. The van der Waals surface area contributed by atoms with E-state index in [4.69, 9.17) is 11.5 Å². The monoisotopic (exact) mass is 346 g/mol. The van der Waals surface area contributed by atoms with E-state index in [2.05, 4.69) is 10.2 Å². The summed E-state index contributed by atoms with van der Waals surface area (Å²) in [6.45, 7) is 1.54. The summed E-state index contributed by atoms with van der Waals surface area (Å²) in [5.41, 5.74) is 13.3. The SMILES string of the molecule is NC(=O)c1ccc(N2CCC[C@@H](N)C2)c(/C=C2\SC(=O)NC2=O)c1. The predicted molar refractivity (Wildman–Crippen MR) is 93.5 cm³/mol. The van der Waals surface area contributed by atoms with Crippen molar-refractivity contribution in [3.63, 3.8) is 0 Å². The third-order valence-corrected chi connectivity index (χ3v) is 4.85. The van der Waals surface area contributed by atoms with Gasteiger partial charge in [-0.15, -0.1) is 0 Å². The molecule has 3 rings (SSSR count). The van der Waals surface area contributed by atoms with Crippen LogP contribution in [0, 0.1) is 0 Å². The Bertz CT molecular complexity index is 747. The predicted octanol–water partition coefficient (Wildman–Crippen LogP) is 1.04. The van der Waals surface area contributed by atoms with Gasteiger partial charge in [0.2, 0.25) is 5.91 Å². The Labute approximate surface area is 143 Å². The molecule has 1 aromatic carbocycles. The number of rotatable bonds is 3. The number of anilines is 1. The maximum atomic E-state index is 11.8. The number of thioether (sulfide) groups is 1. The summed E-state index contributed by atoms with van der Waals surface area (Å²) < 4.78 is 0. The molecule has 0 aliphatic carbocycles. The van der Waals surface area contributed by atoms with Crippen molar-refractivity contribution in [1.82, 2.24) is 5.32 Å². The Kier molecular flexibility index (Phi) is 4.59. The quantitative estimate of drug-likeness (QED) is 0.704. The number of imide groups is 1. The van der Waals surface area contributed by atoms with Crippen molar-refractivity contribution < 1.29 is 14.4 Å². The average molecular weight is 346 g/mol. The molecule has 0 spiro atoms. The highest BCUT2D eigenvalue weighted by atomic mass is 32.2. The first kappa shape index (κ1) is 16.5. The molecule has 126 valence electrons. The summed E-state index contributed by atoms with van der Waals surface area (Å²) in [5, 5.41) is 1.82. The molecule has 0 bridgehead atoms. The highest BCUT2D eigenvalue weighted by molar-refractivity contribution is 8.18. The molecule has 2 aliphatic rings. The van der Waals surface area contributed by atoms with Gasteiger partial charge < -0.3 is 16.4 Å². The van der Waals surface area contributed by atoms with Gasteiger partial charge in [-0.1, -0.05) is 0 Å². The van der Waals surface area contributed by atoms with Crippen molar-refractivity contribution in [2.75, 3.05) is 18.0 Å². The van der Waals surface area contributed by atoms with Crippen LogP contribution in [-0.4, -0.2) is 36.2 Å². The molecule has 1 atom stereocenters. The summed E-state index contributed by atoms with van der Waals surface area (Å²) in [6, 6.07) is 5.19. The zero-order valence-corrected chi connectivity index (χ0v) is 13.8. The fourth-order valence-electron chi connectivity index (χ4n) is 2.90. The molecule has 1 aromatic rings. The van der Waals surface area contributed by atoms with Gasteiger partial charge in [0.15, 0.2) is 0 Å². The van der Waals surface area contributed by atoms with E-state index in [1.54, 1.807) is 18.2 Å². The number of benzene rings is 1. The number of carbonyl (C=O) groups excluding carboxylic acids is 3. The number of hydrogen-bond acceptors (Lipinski definition) is 6. The van der Waals surface area contributed by atoms with Crippen molar-refractivity contribution in [2.24, 2.45) is 11.5 Å². The number of carbonyl (C=O) groups is 3. The van der Waals surface area contributed by atoms with Crippen molar-refractivity contribution in [3.05, 3.63) is 34.2 Å². The van der Waals surface area contributed by atoms with Crippen molar-refractivity contribution in [2.45, 2.75) is 18.9 Å². The number of amides is 3. The van der Waals surface area contributed by atoms with Crippen LogP contribution in [0.1, 0.15) is 28.8 Å². The smallest absolute Gasteiger partial charge is 0.290 e. The molecule has 7 nitrogen and oxygen atoms in total. The van der Waals surface area contributed by atoms with E-state index in [0.29, 0.717) is 22.6 Å². The Morgan fingerprint density at radius 2 is 2.17 bits per heavy atom. The van der Waals surface area contributed by atoms with Crippen LogP contribution >= 0.6 is 11.8 Å². The molecule has 2 aliphatic heterocycles. The molecule has 2 heterocycles. The number of primary amides is 1. The first-order chi connectivity index (χ1) is 11.4. The fraction of sp³-hybridized carbons (Fsp3) is 0.312.